The Kier molecular flexibility index (Phi) is 4.48. The molecule has 0 unspecified atom stereocenters. The summed E-state index contributed by atoms with van der Waals surface area (Å²) in [4.78, 5) is 0. The van der Waals surface area contributed by atoms with Gasteiger partial charge in [0.1, 0.15) is 11.6 Å². The minimum atomic E-state index is -0.256. The Balaban J connectivity index is 2.22. The first kappa shape index (κ1) is 16.4. The minimum absolute atomic E-state index is 0.0493. The maximum absolute atomic E-state index is 13.4. The quantitative estimate of drug-likeness (QED) is 0.513. The molecule has 0 saturated carbocycles. The fraction of sp³-hybridized carbons (Fsp3) is 0.182. The Morgan fingerprint density at radius 3 is 1.38 bits per heavy atom. The standard InChI is InChI=1S/C22H20F2/c1-14-12-15(2)21(16(3)13-14)22(17-4-8-19(23)9-5-17)18-6-10-20(24)11-7-18/h4-13,22H,1-3H3. The first-order chi connectivity index (χ1) is 11.5. The van der Waals surface area contributed by atoms with Crippen molar-refractivity contribution in [2.45, 2.75) is 26.7 Å². The lowest BCUT2D eigenvalue weighted by Crippen LogP contribution is -2.08. The number of hydrogen-bond donors (Lipinski definition) is 0. The lowest BCUT2D eigenvalue weighted by atomic mass is 9.80. The van der Waals surface area contributed by atoms with Crippen LogP contribution in [0.15, 0.2) is 60.7 Å². The summed E-state index contributed by atoms with van der Waals surface area (Å²) in [5.41, 5.74) is 6.78. The van der Waals surface area contributed by atoms with Crippen molar-refractivity contribution >= 4 is 0 Å². The summed E-state index contributed by atoms with van der Waals surface area (Å²) in [6, 6.07) is 17.4. The first-order valence-electron chi connectivity index (χ1n) is 8.04. The van der Waals surface area contributed by atoms with Gasteiger partial charge in [-0.25, -0.2) is 8.78 Å². The predicted octanol–water partition coefficient (Wildman–Crippen LogP) is 6.07. The highest BCUT2D eigenvalue weighted by Gasteiger charge is 2.21. The second-order valence-corrected chi connectivity index (χ2v) is 6.35. The van der Waals surface area contributed by atoms with Gasteiger partial charge in [-0.15, -0.1) is 0 Å². The molecule has 0 fully saturated rings. The van der Waals surface area contributed by atoms with E-state index in [1.807, 2.05) is 24.3 Å². The van der Waals surface area contributed by atoms with Crippen LogP contribution in [-0.4, -0.2) is 0 Å². The van der Waals surface area contributed by atoms with Crippen LogP contribution < -0.4 is 0 Å². The van der Waals surface area contributed by atoms with Gasteiger partial charge in [-0.1, -0.05) is 42.0 Å². The van der Waals surface area contributed by atoms with Crippen LogP contribution in [0.5, 0.6) is 0 Å². The molecule has 0 aliphatic heterocycles. The third-order valence-corrected chi connectivity index (χ3v) is 4.43. The SMILES string of the molecule is Cc1cc(C)c(C(c2ccc(F)cc2)c2ccc(F)cc2)c(C)c1. The predicted molar refractivity (Wildman–Crippen MR) is 94.4 cm³/mol. The molecular weight excluding hydrogens is 302 g/mol. The number of aryl methyl sites for hydroxylation is 3. The number of halogens is 2. The van der Waals surface area contributed by atoms with E-state index >= 15 is 0 Å². The fourth-order valence-corrected chi connectivity index (χ4v) is 3.48. The largest absolute Gasteiger partial charge is 0.207 e. The van der Waals surface area contributed by atoms with Crippen LogP contribution in [0.4, 0.5) is 8.78 Å². The Morgan fingerprint density at radius 2 is 1.00 bits per heavy atom. The summed E-state index contributed by atoms with van der Waals surface area (Å²) in [6.07, 6.45) is 0. The van der Waals surface area contributed by atoms with Crippen molar-refractivity contribution in [2.24, 2.45) is 0 Å². The number of benzene rings is 3. The highest BCUT2D eigenvalue weighted by atomic mass is 19.1. The second-order valence-electron chi connectivity index (χ2n) is 6.35. The number of rotatable bonds is 3. The van der Waals surface area contributed by atoms with Crippen molar-refractivity contribution in [1.29, 1.82) is 0 Å². The van der Waals surface area contributed by atoms with Gasteiger partial charge in [0.05, 0.1) is 0 Å². The zero-order valence-electron chi connectivity index (χ0n) is 14.1. The molecule has 0 heterocycles. The van der Waals surface area contributed by atoms with Crippen molar-refractivity contribution in [1.82, 2.24) is 0 Å². The second kappa shape index (κ2) is 6.56. The summed E-state index contributed by atoms with van der Waals surface area (Å²) in [5, 5.41) is 0. The summed E-state index contributed by atoms with van der Waals surface area (Å²) in [6.45, 7) is 6.26. The van der Waals surface area contributed by atoms with Crippen LogP contribution in [0.2, 0.25) is 0 Å². The highest BCUT2D eigenvalue weighted by molar-refractivity contribution is 5.50. The highest BCUT2D eigenvalue weighted by Crippen LogP contribution is 2.36. The molecule has 0 saturated heterocycles. The normalized spacial score (nSPS) is 11.1. The van der Waals surface area contributed by atoms with Gasteiger partial charge in [-0.05, 0) is 72.9 Å². The molecule has 0 N–H and O–H groups in total. The van der Waals surface area contributed by atoms with Gasteiger partial charge in [-0.3, -0.25) is 0 Å². The Morgan fingerprint density at radius 1 is 0.625 bits per heavy atom. The molecule has 3 rings (SSSR count). The first-order valence-corrected chi connectivity index (χ1v) is 8.04. The smallest absolute Gasteiger partial charge is 0.123 e. The van der Waals surface area contributed by atoms with Gasteiger partial charge >= 0.3 is 0 Å². The Labute approximate surface area is 141 Å². The van der Waals surface area contributed by atoms with E-state index in [0.717, 1.165) is 11.1 Å². The topological polar surface area (TPSA) is 0 Å². The minimum Gasteiger partial charge on any atom is -0.207 e. The van der Waals surface area contributed by atoms with Gasteiger partial charge in [0.2, 0.25) is 0 Å². The molecule has 0 nitrogen and oxygen atoms in total. The van der Waals surface area contributed by atoms with Crippen LogP contribution in [0.3, 0.4) is 0 Å². The summed E-state index contributed by atoms with van der Waals surface area (Å²) in [5.74, 6) is -0.560. The van der Waals surface area contributed by atoms with Crippen molar-refractivity contribution in [3.63, 3.8) is 0 Å². The van der Waals surface area contributed by atoms with Crippen molar-refractivity contribution in [3.05, 3.63) is 106 Å². The molecule has 0 aliphatic rings. The van der Waals surface area contributed by atoms with Gasteiger partial charge < -0.3 is 0 Å². The molecular formula is C22H20F2. The molecule has 3 aromatic rings. The lowest BCUT2D eigenvalue weighted by Gasteiger charge is -2.23. The monoisotopic (exact) mass is 322 g/mol. The van der Waals surface area contributed by atoms with Crippen LogP contribution in [0.25, 0.3) is 0 Å². The van der Waals surface area contributed by atoms with E-state index in [-0.39, 0.29) is 17.6 Å². The van der Waals surface area contributed by atoms with E-state index in [1.165, 1.54) is 46.5 Å². The van der Waals surface area contributed by atoms with E-state index in [9.17, 15) is 8.78 Å². The number of hydrogen-bond acceptors (Lipinski definition) is 0. The zero-order chi connectivity index (χ0) is 17.3. The third-order valence-electron chi connectivity index (χ3n) is 4.43. The molecule has 0 atom stereocenters. The summed E-state index contributed by atoms with van der Waals surface area (Å²) < 4.78 is 26.7. The molecule has 0 radical (unpaired) electrons. The van der Waals surface area contributed by atoms with Gasteiger partial charge in [0.25, 0.3) is 0 Å². The van der Waals surface area contributed by atoms with Crippen LogP contribution >= 0.6 is 0 Å². The molecule has 0 spiro atoms. The van der Waals surface area contributed by atoms with Crippen LogP contribution in [0.1, 0.15) is 39.3 Å². The van der Waals surface area contributed by atoms with Gasteiger partial charge in [0, 0.05) is 5.92 Å². The van der Waals surface area contributed by atoms with Gasteiger partial charge in [-0.2, -0.15) is 0 Å². The van der Waals surface area contributed by atoms with Crippen molar-refractivity contribution in [2.75, 3.05) is 0 Å². The molecule has 122 valence electrons. The fourth-order valence-electron chi connectivity index (χ4n) is 3.48. The van der Waals surface area contributed by atoms with E-state index in [2.05, 4.69) is 32.9 Å². The van der Waals surface area contributed by atoms with Crippen molar-refractivity contribution < 1.29 is 8.78 Å². The molecule has 2 heteroatoms. The average Bonchev–Trinajstić information content (AvgIpc) is 2.53. The van der Waals surface area contributed by atoms with Crippen LogP contribution in [-0.2, 0) is 0 Å². The maximum atomic E-state index is 13.4. The third kappa shape index (κ3) is 3.23. The zero-order valence-corrected chi connectivity index (χ0v) is 14.1. The van der Waals surface area contributed by atoms with Crippen molar-refractivity contribution in [3.8, 4) is 0 Å². The lowest BCUT2D eigenvalue weighted by molar-refractivity contribution is 0.626. The summed E-state index contributed by atoms with van der Waals surface area (Å²) >= 11 is 0. The van der Waals surface area contributed by atoms with Gasteiger partial charge in [0.15, 0.2) is 0 Å². The Hall–Kier alpha value is -2.48. The van der Waals surface area contributed by atoms with Crippen LogP contribution in [0, 0.1) is 32.4 Å². The van der Waals surface area contributed by atoms with E-state index in [4.69, 9.17) is 0 Å². The maximum Gasteiger partial charge on any atom is 0.123 e. The molecule has 0 amide bonds. The summed E-state index contributed by atoms with van der Waals surface area (Å²) in [7, 11) is 0. The molecule has 0 aromatic heterocycles. The molecule has 3 aromatic carbocycles. The molecule has 24 heavy (non-hydrogen) atoms. The molecule has 0 aliphatic carbocycles. The Bertz CT molecular complexity index is 778. The average molecular weight is 322 g/mol. The van der Waals surface area contributed by atoms with E-state index in [1.54, 1.807) is 0 Å². The molecule has 0 bridgehead atoms. The van der Waals surface area contributed by atoms with E-state index in [0.29, 0.717) is 0 Å². The van der Waals surface area contributed by atoms with E-state index < -0.39 is 0 Å².